The number of aliphatic hydroxyl groups excluding tert-OH is 1. The Bertz CT molecular complexity index is 609. The van der Waals surface area contributed by atoms with Crippen LogP contribution in [0.5, 0.6) is 0 Å². The number of nitro groups is 1. The lowest BCUT2D eigenvalue weighted by molar-refractivity contribution is -0.384. The summed E-state index contributed by atoms with van der Waals surface area (Å²) in [5.41, 5.74) is 2.09. The van der Waals surface area contributed by atoms with E-state index in [0.29, 0.717) is 22.6 Å². The molecule has 1 aromatic carbocycles. The molecule has 0 amide bonds. The molecular weight excluding hydrogens is 246 g/mol. The van der Waals surface area contributed by atoms with Gasteiger partial charge in [0.1, 0.15) is 0 Å². The molecule has 2 aromatic rings. The molecule has 0 spiro atoms. The summed E-state index contributed by atoms with van der Waals surface area (Å²) >= 11 is 0. The van der Waals surface area contributed by atoms with E-state index in [2.05, 4.69) is 9.97 Å². The summed E-state index contributed by atoms with van der Waals surface area (Å²) in [4.78, 5) is 18.6. The minimum atomic E-state index is -0.620. The van der Waals surface area contributed by atoms with Crippen LogP contribution >= 0.6 is 0 Å². The van der Waals surface area contributed by atoms with E-state index >= 15 is 0 Å². The van der Waals surface area contributed by atoms with Crippen molar-refractivity contribution in [3.8, 4) is 11.4 Å². The number of aliphatic hydroxyl groups is 1. The zero-order chi connectivity index (χ0) is 14.0. The highest BCUT2D eigenvalue weighted by Gasteiger charge is 2.10. The molecule has 0 fully saturated rings. The number of aryl methyl sites for hydroxylation is 1. The highest BCUT2D eigenvalue weighted by atomic mass is 16.6. The van der Waals surface area contributed by atoms with Crippen LogP contribution in [-0.4, -0.2) is 20.0 Å². The molecule has 1 atom stereocenters. The van der Waals surface area contributed by atoms with Crippen LogP contribution in [0.1, 0.15) is 24.3 Å². The fourth-order valence-electron chi connectivity index (χ4n) is 1.76. The lowest BCUT2D eigenvalue weighted by Crippen LogP contribution is -2.01. The average Bonchev–Trinajstić information content (AvgIpc) is 2.38. The molecule has 0 aliphatic rings. The minimum absolute atomic E-state index is 0.0288. The molecule has 1 N–H and O–H groups in total. The summed E-state index contributed by atoms with van der Waals surface area (Å²) in [6.45, 7) is 3.44. The van der Waals surface area contributed by atoms with Gasteiger partial charge >= 0.3 is 0 Å². The van der Waals surface area contributed by atoms with Gasteiger partial charge in [0.05, 0.1) is 11.0 Å². The Labute approximate surface area is 109 Å². The average molecular weight is 259 g/mol. The topological polar surface area (TPSA) is 89.2 Å². The van der Waals surface area contributed by atoms with Gasteiger partial charge in [-0.25, -0.2) is 9.97 Å². The van der Waals surface area contributed by atoms with Crippen LogP contribution in [-0.2, 0) is 0 Å². The second-order valence-electron chi connectivity index (χ2n) is 4.21. The minimum Gasteiger partial charge on any atom is -0.389 e. The Balaban J connectivity index is 2.37. The predicted octanol–water partition coefficient (Wildman–Crippen LogP) is 2.41. The molecule has 1 aromatic heterocycles. The van der Waals surface area contributed by atoms with Crippen LogP contribution in [0.25, 0.3) is 11.4 Å². The third-order valence-electron chi connectivity index (χ3n) is 2.80. The first kappa shape index (κ1) is 13.1. The molecule has 1 unspecified atom stereocenters. The molecule has 0 saturated heterocycles. The summed E-state index contributed by atoms with van der Waals surface area (Å²) in [5, 5.41) is 20.1. The van der Waals surface area contributed by atoms with E-state index in [1.807, 2.05) is 0 Å². The van der Waals surface area contributed by atoms with Crippen LogP contribution < -0.4 is 0 Å². The van der Waals surface area contributed by atoms with Gasteiger partial charge in [0.25, 0.3) is 5.69 Å². The van der Waals surface area contributed by atoms with E-state index in [0.717, 1.165) is 0 Å². The maximum Gasteiger partial charge on any atom is 0.269 e. The van der Waals surface area contributed by atoms with Gasteiger partial charge in [-0.3, -0.25) is 10.1 Å². The second kappa shape index (κ2) is 5.11. The van der Waals surface area contributed by atoms with E-state index < -0.39 is 11.0 Å². The molecule has 0 radical (unpaired) electrons. The Morgan fingerprint density at radius 2 is 1.95 bits per heavy atom. The van der Waals surface area contributed by atoms with E-state index in [-0.39, 0.29) is 5.69 Å². The zero-order valence-electron chi connectivity index (χ0n) is 10.6. The van der Waals surface area contributed by atoms with E-state index in [1.165, 1.54) is 12.1 Å². The van der Waals surface area contributed by atoms with Gasteiger partial charge in [-0.05, 0) is 26.0 Å². The van der Waals surface area contributed by atoms with Crippen molar-refractivity contribution < 1.29 is 10.0 Å². The number of hydrogen-bond acceptors (Lipinski definition) is 5. The van der Waals surface area contributed by atoms with Crippen LogP contribution in [0.15, 0.2) is 30.5 Å². The fourth-order valence-corrected chi connectivity index (χ4v) is 1.76. The third-order valence-corrected chi connectivity index (χ3v) is 2.80. The molecule has 98 valence electrons. The summed E-state index contributed by atoms with van der Waals surface area (Å²) in [7, 11) is 0. The van der Waals surface area contributed by atoms with Crippen LogP contribution in [0.2, 0.25) is 0 Å². The van der Waals surface area contributed by atoms with Gasteiger partial charge in [-0.2, -0.15) is 0 Å². The maximum absolute atomic E-state index is 10.6. The lowest BCUT2D eigenvalue weighted by Gasteiger charge is -2.08. The number of benzene rings is 1. The van der Waals surface area contributed by atoms with Gasteiger partial charge in [-0.15, -0.1) is 0 Å². The summed E-state index contributed by atoms with van der Waals surface area (Å²) < 4.78 is 0. The van der Waals surface area contributed by atoms with Crippen molar-refractivity contribution >= 4 is 5.69 Å². The van der Waals surface area contributed by atoms with Gasteiger partial charge in [0.2, 0.25) is 0 Å². The van der Waals surface area contributed by atoms with Crippen LogP contribution in [0, 0.1) is 17.0 Å². The predicted molar refractivity (Wildman–Crippen MR) is 69.5 cm³/mol. The molecule has 0 aliphatic carbocycles. The van der Waals surface area contributed by atoms with E-state index in [1.54, 1.807) is 32.2 Å². The summed E-state index contributed by atoms with van der Waals surface area (Å²) in [6.07, 6.45) is 0.954. The molecule has 0 bridgehead atoms. The van der Waals surface area contributed by atoms with Gasteiger partial charge in [-0.1, -0.05) is 0 Å². The molecule has 19 heavy (non-hydrogen) atoms. The van der Waals surface area contributed by atoms with Crippen molar-refractivity contribution in [2.45, 2.75) is 20.0 Å². The molecule has 0 saturated carbocycles. The number of hydrogen-bond donors (Lipinski definition) is 1. The molecular formula is C13H13N3O3. The Hall–Kier alpha value is -2.34. The lowest BCUT2D eigenvalue weighted by atomic mass is 10.1. The second-order valence-corrected chi connectivity index (χ2v) is 4.21. The number of aromatic nitrogens is 2. The largest absolute Gasteiger partial charge is 0.389 e. The SMILES string of the molecule is Cc1nc(-c2ccc([N+](=O)[O-])cc2)ncc1C(C)O. The molecule has 2 rings (SSSR count). The quantitative estimate of drug-likeness (QED) is 0.675. The maximum atomic E-state index is 10.6. The van der Waals surface area contributed by atoms with Crippen LogP contribution in [0.3, 0.4) is 0 Å². The van der Waals surface area contributed by atoms with Crippen LogP contribution in [0.4, 0.5) is 5.69 Å². The fraction of sp³-hybridized carbons (Fsp3) is 0.231. The number of non-ortho nitro benzene ring substituents is 1. The van der Waals surface area contributed by atoms with Gasteiger partial charge < -0.3 is 5.11 Å². The third kappa shape index (κ3) is 2.74. The Kier molecular flexibility index (Phi) is 3.52. The first-order valence-corrected chi connectivity index (χ1v) is 5.75. The van der Waals surface area contributed by atoms with E-state index in [4.69, 9.17) is 0 Å². The summed E-state index contributed by atoms with van der Waals surface area (Å²) in [5.74, 6) is 0.483. The zero-order valence-corrected chi connectivity index (χ0v) is 10.6. The van der Waals surface area contributed by atoms with Gasteiger partial charge in [0.15, 0.2) is 5.82 Å². The van der Waals surface area contributed by atoms with Crippen molar-refractivity contribution in [2.24, 2.45) is 0 Å². The van der Waals surface area contributed by atoms with Gasteiger partial charge in [0, 0.05) is 35.2 Å². The van der Waals surface area contributed by atoms with Crippen molar-refractivity contribution in [1.29, 1.82) is 0 Å². The molecule has 0 aliphatic heterocycles. The van der Waals surface area contributed by atoms with Crippen molar-refractivity contribution in [3.63, 3.8) is 0 Å². The molecule has 6 heteroatoms. The number of nitrogens with zero attached hydrogens (tertiary/aromatic N) is 3. The van der Waals surface area contributed by atoms with Crippen molar-refractivity contribution in [1.82, 2.24) is 9.97 Å². The Morgan fingerprint density at radius 3 is 2.42 bits per heavy atom. The monoisotopic (exact) mass is 259 g/mol. The van der Waals surface area contributed by atoms with Crippen molar-refractivity contribution in [2.75, 3.05) is 0 Å². The Morgan fingerprint density at radius 1 is 1.32 bits per heavy atom. The van der Waals surface area contributed by atoms with Crippen molar-refractivity contribution in [3.05, 3.63) is 51.8 Å². The molecule has 1 heterocycles. The van der Waals surface area contributed by atoms with E-state index in [9.17, 15) is 15.2 Å². The number of rotatable bonds is 3. The highest BCUT2D eigenvalue weighted by molar-refractivity contribution is 5.57. The number of nitro benzene ring substituents is 1. The normalized spacial score (nSPS) is 12.2. The standard InChI is InChI=1S/C13H13N3O3/c1-8-12(9(2)17)7-14-13(15-8)10-3-5-11(6-4-10)16(18)19/h3-7,9,17H,1-2H3. The summed E-state index contributed by atoms with van der Waals surface area (Å²) in [6, 6.07) is 6.04. The first-order chi connectivity index (χ1) is 8.99. The molecule has 6 nitrogen and oxygen atoms in total. The first-order valence-electron chi connectivity index (χ1n) is 5.75. The highest BCUT2D eigenvalue weighted by Crippen LogP contribution is 2.21. The smallest absolute Gasteiger partial charge is 0.269 e.